The van der Waals surface area contributed by atoms with Crippen molar-refractivity contribution in [3.05, 3.63) is 39.8 Å². The zero-order valence-corrected chi connectivity index (χ0v) is 9.78. The van der Waals surface area contributed by atoms with Gasteiger partial charge in [-0.2, -0.15) is 0 Å². The minimum absolute atomic E-state index is 0.000278. The van der Waals surface area contributed by atoms with E-state index in [-0.39, 0.29) is 23.1 Å². The maximum absolute atomic E-state index is 13.8. The molecule has 19 heavy (non-hydrogen) atoms. The predicted octanol–water partition coefficient (Wildman–Crippen LogP) is 1.77. The van der Waals surface area contributed by atoms with Gasteiger partial charge in [-0.05, 0) is 18.9 Å². The zero-order valence-electron chi connectivity index (χ0n) is 9.78. The Bertz CT molecular complexity index is 665. The highest BCUT2D eigenvalue weighted by Crippen LogP contribution is 2.43. The van der Waals surface area contributed by atoms with Crippen LogP contribution in [-0.2, 0) is 0 Å². The van der Waals surface area contributed by atoms with Crippen LogP contribution in [0.5, 0.6) is 0 Å². The quantitative estimate of drug-likeness (QED) is 0.672. The number of nitro groups is 1. The van der Waals surface area contributed by atoms with Crippen LogP contribution in [0.2, 0.25) is 0 Å². The molecule has 0 amide bonds. The summed E-state index contributed by atoms with van der Waals surface area (Å²) in [5.41, 5.74) is 6.14. The fourth-order valence-corrected chi connectivity index (χ4v) is 1.99. The number of nitrogens with two attached hydrogens (primary N) is 1. The average molecular weight is 263 g/mol. The summed E-state index contributed by atoms with van der Waals surface area (Å²) in [7, 11) is 0. The van der Waals surface area contributed by atoms with Gasteiger partial charge in [-0.15, -0.1) is 5.10 Å². The lowest BCUT2D eigenvalue weighted by Gasteiger charge is -2.06. The zero-order chi connectivity index (χ0) is 13.6. The van der Waals surface area contributed by atoms with Crippen molar-refractivity contribution in [1.29, 1.82) is 0 Å². The van der Waals surface area contributed by atoms with Crippen LogP contribution in [0.3, 0.4) is 0 Å². The second-order valence-corrected chi connectivity index (χ2v) is 4.44. The van der Waals surface area contributed by atoms with Crippen molar-refractivity contribution < 1.29 is 9.31 Å². The molecule has 2 aromatic rings. The first-order chi connectivity index (χ1) is 9.08. The lowest BCUT2D eigenvalue weighted by molar-refractivity contribution is -0.384. The van der Waals surface area contributed by atoms with Crippen molar-refractivity contribution in [2.75, 3.05) is 5.73 Å². The van der Waals surface area contributed by atoms with Gasteiger partial charge in [0.15, 0.2) is 5.82 Å². The first kappa shape index (κ1) is 11.6. The van der Waals surface area contributed by atoms with Crippen LogP contribution in [0.1, 0.15) is 24.5 Å². The number of non-ortho nitro benzene ring substituents is 1. The van der Waals surface area contributed by atoms with E-state index in [1.165, 1.54) is 4.68 Å². The van der Waals surface area contributed by atoms with E-state index in [1.807, 2.05) is 0 Å². The third kappa shape index (κ3) is 1.90. The number of hydrogen-bond acceptors (Lipinski definition) is 5. The smallest absolute Gasteiger partial charge is 0.271 e. The van der Waals surface area contributed by atoms with Crippen molar-refractivity contribution in [3.8, 4) is 5.69 Å². The number of anilines is 1. The van der Waals surface area contributed by atoms with Crippen molar-refractivity contribution in [2.24, 2.45) is 0 Å². The Morgan fingerprint density at radius 2 is 2.21 bits per heavy atom. The van der Waals surface area contributed by atoms with Gasteiger partial charge in [-0.25, -0.2) is 9.07 Å². The summed E-state index contributed by atoms with van der Waals surface area (Å²) in [4.78, 5) is 10.2. The highest BCUT2D eigenvalue weighted by molar-refractivity contribution is 5.49. The van der Waals surface area contributed by atoms with Gasteiger partial charge in [0.05, 0.1) is 10.6 Å². The SMILES string of the molecule is Nc1nnn(-c2cc([N+](=O)[O-])ccc2F)c1C1CC1. The standard InChI is InChI=1S/C11H10FN5O2/c12-8-4-3-7(17(18)19)5-9(8)16-10(6-1-2-6)11(13)14-15-16/h3-6H,1-2,13H2. The molecule has 0 aliphatic heterocycles. The van der Waals surface area contributed by atoms with Crippen LogP contribution in [0.25, 0.3) is 5.69 Å². The van der Waals surface area contributed by atoms with E-state index in [2.05, 4.69) is 10.3 Å². The molecule has 1 aliphatic rings. The third-order valence-electron chi connectivity index (χ3n) is 3.07. The van der Waals surface area contributed by atoms with E-state index in [1.54, 1.807) is 0 Å². The van der Waals surface area contributed by atoms with Gasteiger partial charge in [0.25, 0.3) is 5.69 Å². The molecule has 1 fully saturated rings. The van der Waals surface area contributed by atoms with Crippen molar-refractivity contribution in [1.82, 2.24) is 15.0 Å². The Hall–Kier alpha value is -2.51. The molecule has 1 heterocycles. The van der Waals surface area contributed by atoms with E-state index >= 15 is 0 Å². The van der Waals surface area contributed by atoms with E-state index in [0.29, 0.717) is 5.69 Å². The lowest BCUT2D eigenvalue weighted by Crippen LogP contribution is -2.05. The number of aromatic nitrogens is 3. The topological polar surface area (TPSA) is 99.9 Å². The highest BCUT2D eigenvalue weighted by Gasteiger charge is 2.32. The number of nitrogen functional groups attached to an aromatic ring is 1. The van der Waals surface area contributed by atoms with Crippen LogP contribution >= 0.6 is 0 Å². The molecule has 0 unspecified atom stereocenters. The van der Waals surface area contributed by atoms with Gasteiger partial charge < -0.3 is 5.73 Å². The van der Waals surface area contributed by atoms with Crippen LogP contribution in [0, 0.1) is 15.9 Å². The number of benzene rings is 1. The Balaban J connectivity index is 2.16. The Labute approximate surface area is 107 Å². The highest BCUT2D eigenvalue weighted by atomic mass is 19.1. The van der Waals surface area contributed by atoms with Gasteiger partial charge in [0.2, 0.25) is 0 Å². The molecule has 98 valence electrons. The molecule has 1 aromatic heterocycles. The molecule has 0 atom stereocenters. The van der Waals surface area contributed by atoms with Crippen LogP contribution < -0.4 is 5.73 Å². The number of rotatable bonds is 3. The van der Waals surface area contributed by atoms with Crippen LogP contribution in [0.15, 0.2) is 18.2 Å². The van der Waals surface area contributed by atoms with Crippen LogP contribution in [-0.4, -0.2) is 19.9 Å². The molecule has 0 bridgehead atoms. The summed E-state index contributed by atoms with van der Waals surface area (Å²) >= 11 is 0. The fraction of sp³-hybridized carbons (Fsp3) is 0.273. The van der Waals surface area contributed by atoms with Gasteiger partial charge in [0, 0.05) is 18.1 Å². The minimum Gasteiger partial charge on any atom is -0.381 e. The predicted molar refractivity (Wildman–Crippen MR) is 64.4 cm³/mol. The Kier molecular flexibility index (Phi) is 2.44. The summed E-state index contributed by atoms with van der Waals surface area (Å²) in [5.74, 6) is -0.153. The van der Waals surface area contributed by atoms with Crippen molar-refractivity contribution in [3.63, 3.8) is 0 Å². The van der Waals surface area contributed by atoms with Crippen molar-refractivity contribution >= 4 is 11.5 Å². The van der Waals surface area contributed by atoms with Gasteiger partial charge >= 0.3 is 0 Å². The maximum atomic E-state index is 13.8. The first-order valence-corrected chi connectivity index (χ1v) is 5.73. The van der Waals surface area contributed by atoms with Gasteiger partial charge in [0.1, 0.15) is 11.5 Å². The molecular formula is C11H10FN5O2. The van der Waals surface area contributed by atoms with E-state index in [0.717, 1.165) is 31.0 Å². The molecule has 7 nitrogen and oxygen atoms in total. The summed E-state index contributed by atoms with van der Waals surface area (Å²) in [6.45, 7) is 0. The molecule has 0 spiro atoms. The largest absolute Gasteiger partial charge is 0.381 e. The summed E-state index contributed by atoms with van der Waals surface area (Å²) in [5, 5.41) is 18.3. The number of hydrogen-bond donors (Lipinski definition) is 1. The monoisotopic (exact) mass is 263 g/mol. The molecule has 1 aromatic carbocycles. The Morgan fingerprint density at radius 1 is 1.47 bits per heavy atom. The third-order valence-corrected chi connectivity index (χ3v) is 3.07. The summed E-state index contributed by atoms with van der Waals surface area (Å²) in [6.07, 6.45) is 1.88. The molecule has 1 aliphatic carbocycles. The summed E-state index contributed by atoms with van der Waals surface area (Å²) in [6, 6.07) is 3.28. The van der Waals surface area contributed by atoms with E-state index in [9.17, 15) is 14.5 Å². The lowest BCUT2D eigenvalue weighted by atomic mass is 10.2. The summed E-state index contributed by atoms with van der Waals surface area (Å²) < 4.78 is 15.1. The number of nitrogens with zero attached hydrogens (tertiary/aromatic N) is 4. The van der Waals surface area contributed by atoms with Crippen LogP contribution in [0.4, 0.5) is 15.9 Å². The Morgan fingerprint density at radius 3 is 2.84 bits per heavy atom. The second-order valence-electron chi connectivity index (χ2n) is 4.44. The molecule has 1 saturated carbocycles. The second kappa shape index (κ2) is 4.01. The molecule has 0 radical (unpaired) electrons. The number of halogens is 1. The fourth-order valence-electron chi connectivity index (χ4n) is 1.99. The molecule has 8 heteroatoms. The van der Waals surface area contributed by atoms with Gasteiger partial charge in [-0.3, -0.25) is 10.1 Å². The minimum atomic E-state index is -0.600. The molecule has 0 saturated heterocycles. The molecular weight excluding hydrogens is 253 g/mol. The van der Waals surface area contributed by atoms with E-state index < -0.39 is 10.7 Å². The maximum Gasteiger partial charge on any atom is 0.271 e. The van der Waals surface area contributed by atoms with E-state index in [4.69, 9.17) is 5.73 Å². The van der Waals surface area contributed by atoms with Gasteiger partial charge in [-0.1, -0.05) is 5.21 Å². The average Bonchev–Trinajstić information content (AvgIpc) is 3.13. The van der Waals surface area contributed by atoms with Crippen molar-refractivity contribution in [2.45, 2.75) is 18.8 Å². The molecule has 2 N–H and O–H groups in total. The normalized spacial score (nSPS) is 14.6. The molecule has 3 rings (SSSR count). The number of nitro benzene ring substituents is 1. The first-order valence-electron chi connectivity index (χ1n) is 5.73.